The largest absolute Gasteiger partial charge is 0.484 e. The fraction of sp³-hybridized carbons (Fsp3) is 0.158. The summed E-state index contributed by atoms with van der Waals surface area (Å²) < 4.78 is 7.14. The highest BCUT2D eigenvalue weighted by atomic mass is 32.1. The van der Waals surface area contributed by atoms with Gasteiger partial charge in [-0.2, -0.15) is 4.52 Å². The summed E-state index contributed by atoms with van der Waals surface area (Å²) in [5.41, 5.74) is 2.13. The molecule has 27 heavy (non-hydrogen) atoms. The van der Waals surface area contributed by atoms with E-state index in [1.54, 1.807) is 4.52 Å². The van der Waals surface area contributed by atoms with Gasteiger partial charge in [-0.1, -0.05) is 60.7 Å². The molecule has 0 fully saturated rings. The quantitative estimate of drug-likeness (QED) is 0.555. The molecule has 0 atom stereocenters. The summed E-state index contributed by atoms with van der Waals surface area (Å²) in [6, 6.07) is 17.4. The third kappa shape index (κ3) is 3.80. The van der Waals surface area contributed by atoms with Gasteiger partial charge >= 0.3 is 0 Å². The van der Waals surface area contributed by atoms with E-state index >= 15 is 0 Å². The van der Waals surface area contributed by atoms with E-state index in [4.69, 9.17) is 4.74 Å². The molecule has 0 saturated carbocycles. The summed E-state index contributed by atoms with van der Waals surface area (Å²) >= 11 is 1.26. The predicted octanol–water partition coefficient (Wildman–Crippen LogP) is 3.43. The summed E-state index contributed by atoms with van der Waals surface area (Å²) in [6.45, 7) is 2.00. The van der Waals surface area contributed by atoms with Crippen molar-refractivity contribution in [3.05, 3.63) is 60.2 Å². The topological polar surface area (TPSA) is 81.4 Å². The minimum absolute atomic E-state index is 0.0862. The highest BCUT2D eigenvalue weighted by Gasteiger charge is 2.14. The molecule has 0 saturated heterocycles. The third-order valence-corrected chi connectivity index (χ3v) is 4.78. The second kappa shape index (κ2) is 7.55. The second-order valence-electron chi connectivity index (χ2n) is 5.83. The van der Waals surface area contributed by atoms with E-state index in [1.165, 1.54) is 16.9 Å². The first-order valence-electron chi connectivity index (χ1n) is 8.52. The van der Waals surface area contributed by atoms with Crippen LogP contribution in [0.1, 0.15) is 12.5 Å². The first-order valence-corrected chi connectivity index (χ1v) is 9.34. The number of hydrogen-bond acceptors (Lipinski definition) is 6. The average Bonchev–Trinajstić information content (AvgIpc) is 3.27. The highest BCUT2D eigenvalue weighted by molar-refractivity contribution is 7.20. The first-order chi connectivity index (χ1) is 13.2. The van der Waals surface area contributed by atoms with Gasteiger partial charge in [0.15, 0.2) is 12.4 Å². The van der Waals surface area contributed by atoms with Gasteiger partial charge in [-0.15, -0.1) is 15.3 Å². The van der Waals surface area contributed by atoms with E-state index in [9.17, 15) is 4.79 Å². The smallest absolute Gasteiger partial charge is 0.264 e. The molecule has 0 unspecified atom stereocenters. The van der Waals surface area contributed by atoms with Crippen LogP contribution in [0, 0.1) is 0 Å². The number of ether oxygens (including phenoxy) is 1. The van der Waals surface area contributed by atoms with Crippen molar-refractivity contribution in [2.24, 2.45) is 0 Å². The third-order valence-electron chi connectivity index (χ3n) is 3.97. The molecule has 4 rings (SSSR count). The number of carbonyl (C=O) groups excluding carboxylic acids is 1. The summed E-state index contributed by atoms with van der Waals surface area (Å²) in [5, 5.41) is 15.9. The van der Waals surface area contributed by atoms with Crippen molar-refractivity contribution in [1.29, 1.82) is 0 Å². The van der Waals surface area contributed by atoms with Gasteiger partial charge in [-0.05, 0) is 24.1 Å². The van der Waals surface area contributed by atoms with Gasteiger partial charge in [-0.25, -0.2) is 0 Å². The van der Waals surface area contributed by atoms with E-state index < -0.39 is 0 Å². The molecular weight excluding hydrogens is 362 g/mol. The number of hydrogen-bond donors (Lipinski definition) is 1. The van der Waals surface area contributed by atoms with E-state index in [1.807, 2.05) is 54.6 Å². The first kappa shape index (κ1) is 17.2. The lowest BCUT2D eigenvalue weighted by molar-refractivity contribution is -0.118. The van der Waals surface area contributed by atoms with Crippen molar-refractivity contribution < 1.29 is 9.53 Å². The Morgan fingerprint density at radius 2 is 1.89 bits per heavy atom. The van der Waals surface area contributed by atoms with Crippen LogP contribution < -0.4 is 10.1 Å². The van der Waals surface area contributed by atoms with Gasteiger partial charge < -0.3 is 4.74 Å². The Balaban J connectivity index is 1.42. The molecule has 7 nitrogen and oxygen atoms in total. The van der Waals surface area contributed by atoms with Gasteiger partial charge in [0.1, 0.15) is 5.75 Å². The predicted molar refractivity (Wildman–Crippen MR) is 104 cm³/mol. The number of carbonyl (C=O) groups is 1. The Morgan fingerprint density at radius 1 is 1.11 bits per heavy atom. The van der Waals surface area contributed by atoms with Crippen molar-refractivity contribution >= 4 is 27.3 Å². The monoisotopic (exact) mass is 379 g/mol. The zero-order chi connectivity index (χ0) is 18.6. The number of aromatic nitrogens is 4. The van der Waals surface area contributed by atoms with Crippen LogP contribution >= 0.6 is 11.3 Å². The number of anilines is 1. The lowest BCUT2D eigenvalue weighted by Crippen LogP contribution is -2.20. The molecular formula is C19H17N5O2S. The van der Waals surface area contributed by atoms with Gasteiger partial charge in [0, 0.05) is 5.56 Å². The molecule has 2 aromatic carbocycles. The fourth-order valence-corrected chi connectivity index (χ4v) is 3.32. The number of benzene rings is 2. The lowest BCUT2D eigenvalue weighted by atomic mass is 10.2. The van der Waals surface area contributed by atoms with Gasteiger partial charge in [0.25, 0.3) is 5.91 Å². The summed E-state index contributed by atoms with van der Waals surface area (Å²) in [5.74, 6) is 1.02. The lowest BCUT2D eigenvalue weighted by Gasteiger charge is -2.06. The van der Waals surface area contributed by atoms with Gasteiger partial charge in [0.2, 0.25) is 10.1 Å². The van der Waals surface area contributed by atoms with Crippen LogP contribution in [-0.2, 0) is 11.2 Å². The van der Waals surface area contributed by atoms with Crippen molar-refractivity contribution in [3.63, 3.8) is 0 Å². The number of amides is 1. The maximum atomic E-state index is 12.1. The molecule has 0 spiro atoms. The van der Waals surface area contributed by atoms with Crippen LogP contribution in [0.2, 0.25) is 0 Å². The van der Waals surface area contributed by atoms with E-state index in [-0.39, 0.29) is 12.5 Å². The van der Waals surface area contributed by atoms with E-state index in [0.717, 1.165) is 12.0 Å². The minimum atomic E-state index is -0.277. The molecule has 0 aliphatic rings. The standard InChI is InChI=1S/C19H17N5O2S/c1-2-13-8-10-15(11-9-13)26-12-16(25)20-18-23-24-17(21-22-19(24)27-18)14-6-4-3-5-7-14/h3-11H,2,12H2,1H3,(H,20,23,25). The molecule has 2 aromatic heterocycles. The molecule has 136 valence electrons. The summed E-state index contributed by atoms with van der Waals surface area (Å²) in [6.07, 6.45) is 0.965. The van der Waals surface area contributed by atoms with Crippen molar-refractivity contribution in [2.45, 2.75) is 13.3 Å². The molecule has 4 aromatic rings. The van der Waals surface area contributed by atoms with Crippen LogP contribution in [0.3, 0.4) is 0 Å². The zero-order valence-corrected chi connectivity index (χ0v) is 15.4. The Kier molecular flexibility index (Phi) is 4.80. The Bertz CT molecular complexity index is 1060. The molecule has 2 heterocycles. The van der Waals surface area contributed by atoms with Crippen LogP contribution in [-0.4, -0.2) is 32.3 Å². The maximum Gasteiger partial charge on any atom is 0.264 e. The normalized spacial score (nSPS) is 10.9. The number of rotatable bonds is 6. The highest BCUT2D eigenvalue weighted by Crippen LogP contribution is 2.23. The molecule has 0 aliphatic carbocycles. The Labute approximate surface area is 159 Å². The molecule has 0 aliphatic heterocycles. The minimum Gasteiger partial charge on any atom is -0.484 e. The second-order valence-corrected chi connectivity index (χ2v) is 6.78. The Morgan fingerprint density at radius 3 is 2.63 bits per heavy atom. The molecule has 1 amide bonds. The number of nitrogens with zero attached hydrogens (tertiary/aromatic N) is 4. The van der Waals surface area contributed by atoms with Crippen molar-refractivity contribution in [1.82, 2.24) is 19.8 Å². The molecule has 8 heteroatoms. The van der Waals surface area contributed by atoms with Crippen LogP contribution in [0.5, 0.6) is 5.75 Å². The fourth-order valence-electron chi connectivity index (χ4n) is 2.56. The summed E-state index contributed by atoms with van der Waals surface area (Å²) in [7, 11) is 0. The maximum absolute atomic E-state index is 12.1. The van der Waals surface area contributed by atoms with Gasteiger partial charge in [-0.3, -0.25) is 10.1 Å². The SMILES string of the molecule is CCc1ccc(OCC(=O)Nc2nn3c(-c4ccccc4)nnc3s2)cc1. The van der Waals surface area contributed by atoms with Gasteiger partial charge in [0.05, 0.1) is 0 Å². The van der Waals surface area contributed by atoms with Crippen molar-refractivity contribution in [2.75, 3.05) is 11.9 Å². The van der Waals surface area contributed by atoms with Crippen molar-refractivity contribution in [3.8, 4) is 17.1 Å². The molecule has 1 N–H and O–H groups in total. The van der Waals surface area contributed by atoms with Crippen LogP contribution in [0.25, 0.3) is 16.3 Å². The van der Waals surface area contributed by atoms with Crippen LogP contribution in [0.15, 0.2) is 54.6 Å². The van der Waals surface area contributed by atoms with Crippen LogP contribution in [0.4, 0.5) is 5.13 Å². The van der Waals surface area contributed by atoms with E-state index in [2.05, 4.69) is 27.5 Å². The Hall–Kier alpha value is -3.26. The number of aryl methyl sites for hydroxylation is 1. The zero-order valence-electron chi connectivity index (χ0n) is 14.6. The molecule has 0 radical (unpaired) electrons. The average molecular weight is 379 g/mol. The summed E-state index contributed by atoms with van der Waals surface area (Å²) in [4.78, 5) is 12.8. The van der Waals surface area contributed by atoms with E-state index in [0.29, 0.717) is 21.7 Å². The molecule has 0 bridgehead atoms. The number of fused-ring (bicyclic) bond motifs is 1. The number of nitrogens with one attached hydrogen (secondary N) is 1.